The van der Waals surface area contributed by atoms with Gasteiger partial charge in [0.1, 0.15) is 6.26 Å². The molecule has 0 atom stereocenters. The van der Waals surface area contributed by atoms with Crippen LogP contribution < -0.4 is 11.1 Å². The number of nitrogens with two attached hydrogens (primary N) is 1. The Kier molecular flexibility index (Phi) is 3.57. The molecule has 0 aliphatic heterocycles. The number of hydrogen-bond acceptors (Lipinski definition) is 6. The molecule has 0 spiro atoms. The molecule has 2 rings (SSSR count). The molecule has 9 heteroatoms. The summed E-state index contributed by atoms with van der Waals surface area (Å²) in [5.74, 6) is -0.699. The Morgan fingerprint density at radius 3 is 2.80 bits per heavy atom. The number of aromatic nitrogens is 1. The van der Waals surface area contributed by atoms with E-state index in [-0.39, 0.29) is 28.0 Å². The second kappa shape index (κ2) is 5.17. The largest absolute Gasteiger partial charge is 0.432 e. The number of nitrogen functional groups attached to an aromatic ring is 1. The van der Waals surface area contributed by atoms with Gasteiger partial charge in [-0.1, -0.05) is 11.6 Å². The number of aryl methyl sites for hydroxylation is 1. The second-order valence-corrected chi connectivity index (χ2v) is 4.30. The van der Waals surface area contributed by atoms with E-state index in [0.29, 0.717) is 5.69 Å². The zero-order chi connectivity index (χ0) is 14.9. The van der Waals surface area contributed by atoms with Gasteiger partial charge in [0.15, 0.2) is 0 Å². The number of oxazole rings is 1. The maximum absolute atomic E-state index is 12.0. The minimum Gasteiger partial charge on any atom is -0.432 e. The van der Waals surface area contributed by atoms with Crippen LogP contribution in [0.4, 0.5) is 17.4 Å². The minimum absolute atomic E-state index is 0.0328. The van der Waals surface area contributed by atoms with Gasteiger partial charge >= 0.3 is 6.01 Å². The number of hydrogen-bond donors (Lipinski definition) is 2. The molecular formula is C11H9ClN4O4. The summed E-state index contributed by atoms with van der Waals surface area (Å²) in [6.07, 6.45) is 1.35. The molecule has 0 saturated carbocycles. The van der Waals surface area contributed by atoms with E-state index in [1.807, 2.05) is 0 Å². The number of nitrogens with zero attached hydrogens (tertiary/aromatic N) is 2. The van der Waals surface area contributed by atoms with Gasteiger partial charge in [0, 0.05) is 12.1 Å². The van der Waals surface area contributed by atoms with Gasteiger partial charge in [0.2, 0.25) is 0 Å². The molecule has 0 aliphatic rings. The molecular weight excluding hydrogens is 288 g/mol. The first-order valence-electron chi connectivity index (χ1n) is 5.35. The Bertz CT molecular complexity index is 698. The molecule has 20 heavy (non-hydrogen) atoms. The van der Waals surface area contributed by atoms with Crippen LogP contribution >= 0.6 is 11.6 Å². The van der Waals surface area contributed by atoms with E-state index in [1.54, 1.807) is 6.92 Å². The quantitative estimate of drug-likeness (QED) is 0.509. The fourth-order valence-corrected chi connectivity index (χ4v) is 1.69. The molecule has 8 nitrogen and oxygen atoms in total. The first kappa shape index (κ1) is 13.8. The highest BCUT2D eigenvalue weighted by Crippen LogP contribution is 2.29. The number of nitro groups is 1. The van der Waals surface area contributed by atoms with E-state index in [2.05, 4.69) is 10.3 Å². The first-order valence-corrected chi connectivity index (χ1v) is 5.73. The lowest BCUT2D eigenvalue weighted by molar-refractivity contribution is -0.384. The van der Waals surface area contributed by atoms with Crippen LogP contribution in [0.3, 0.4) is 0 Å². The Morgan fingerprint density at radius 1 is 1.55 bits per heavy atom. The van der Waals surface area contributed by atoms with Crippen molar-refractivity contribution in [1.29, 1.82) is 0 Å². The second-order valence-electron chi connectivity index (χ2n) is 3.89. The normalized spacial score (nSPS) is 10.3. The summed E-state index contributed by atoms with van der Waals surface area (Å²) in [7, 11) is 0. The molecule has 0 fully saturated rings. The Labute approximate surface area is 117 Å². The smallest absolute Gasteiger partial charge is 0.301 e. The Hall–Kier alpha value is -2.61. The van der Waals surface area contributed by atoms with Gasteiger partial charge in [-0.15, -0.1) is 0 Å². The lowest BCUT2D eigenvalue weighted by atomic mass is 10.1. The molecule has 1 aromatic heterocycles. The summed E-state index contributed by atoms with van der Waals surface area (Å²) in [5.41, 5.74) is 5.70. The third-order valence-electron chi connectivity index (χ3n) is 2.41. The average molecular weight is 297 g/mol. The SMILES string of the molecule is Cc1coc(NC(=O)c2cc([N+](=O)[O-])cc(Cl)c2N)n1. The van der Waals surface area contributed by atoms with Gasteiger partial charge in [-0.2, -0.15) is 4.98 Å². The fourth-order valence-electron chi connectivity index (χ4n) is 1.47. The van der Waals surface area contributed by atoms with E-state index < -0.39 is 10.8 Å². The maximum Gasteiger partial charge on any atom is 0.301 e. The van der Waals surface area contributed by atoms with Crippen molar-refractivity contribution >= 4 is 34.9 Å². The predicted molar refractivity (Wildman–Crippen MR) is 71.7 cm³/mol. The number of amides is 1. The number of rotatable bonds is 3. The monoisotopic (exact) mass is 296 g/mol. The molecule has 0 radical (unpaired) electrons. The van der Waals surface area contributed by atoms with Crippen LogP contribution in [0.15, 0.2) is 22.8 Å². The van der Waals surface area contributed by atoms with Gasteiger partial charge in [-0.05, 0) is 6.92 Å². The van der Waals surface area contributed by atoms with Gasteiger partial charge in [-0.3, -0.25) is 20.2 Å². The summed E-state index contributed by atoms with van der Waals surface area (Å²) in [4.78, 5) is 26.0. The van der Waals surface area contributed by atoms with Crippen LogP contribution in [0, 0.1) is 17.0 Å². The number of carbonyl (C=O) groups is 1. The molecule has 1 heterocycles. The average Bonchev–Trinajstić information content (AvgIpc) is 2.77. The summed E-state index contributed by atoms with van der Waals surface area (Å²) < 4.78 is 4.95. The maximum atomic E-state index is 12.0. The topological polar surface area (TPSA) is 124 Å². The van der Waals surface area contributed by atoms with Crippen molar-refractivity contribution in [3.63, 3.8) is 0 Å². The minimum atomic E-state index is -0.699. The van der Waals surface area contributed by atoms with E-state index in [9.17, 15) is 14.9 Å². The van der Waals surface area contributed by atoms with Crippen molar-refractivity contribution in [3.8, 4) is 0 Å². The first-order chi connectivity index (χ1) is 9.38. The van der Waals surface area contributed by atoms with Crippen molar-refractivity contribution in [2.75, 3.05) is 11.1 Å². The van der Waals surface area contributed by atoms with Crippen LogP contribution in [-0.2, 0) is 0 Å². The summed E-state index contributed by atoms with van der Waals surface area (Å²) >= 11 is 5.77. The van der Waals surface area contributed by atoms with Gasteiger partial charge < -0.3 is 10.2 Å². The number of non-ortho nitro benzene ring substituents is 1. The van der Waals surface area contributed by atoms with Gasteiger partial charge in [0.05, 0.1) is 26.9 Å². The Morgan fingerprint density at radius 2 is 2.25 bits per heavy atom. The number of halogens is 1. The van der Waals surface area contributed by atoms with E-state index in [4.69, 9.17) is 21.8 Å². The third kappa shape index (κ3) is 2.69. The highest BCUT2D eigenvalue weighted by molar-refractivity contribution is 6.34. The summed E-state index contributed by atoms with van der Waals surface area (Å²) in [5, 5.41) is 13.0. The molecule has 0 unspecified atom stereocenters. The van der Waals surface area contributed by atoms with E-state index in [1.165, 1.54) is 6.26 Å². The van der Waals surface area contributed by atoms with Crippen molar-refractivity contribution in [3.05, 3.63) is 44.8 Å². The van der Waals surface area contributed by atoms with E-state index >= 15 is 0 Å². The zero-order valence-electron chi connectivity index (χ0n) is 10.2. The number of nitro benzene ring substituents is 1. The number of anilines is 2. The lowest BCUT2D eigenvalue weighted by Crippen LogP contribution is -2.15. The van der Waals surface area contributed by atoms with Crippen molar-refractivity contribution in [2.45, 2.75) is 6.92 Å². The molecule has 0 aliphatic carbocycles. The fraction of sp³-hybridized carbons (Fsp3) is 0.0909. The number of carbonyl (C=O) groups excluding carboxylic acids is 1. The highest BCUT2D eigenvalue weighted by Gasteiger charge is 2.20. The van der Waals surface area contributed by atoms with Crippen molar-refractivity contribution in [1.82, 2.24) is 4.98 Å². The summed E-state index contributed by atoms with van der Waals surface area (Å²) in [6.45, 7) is 1.68. The Balaban J connectivity index is 2.36. The van der Waals surface area contributed by atoms with Crippen molar-refractivity contribution < 1.29 is 14.1 Å². The third-order valence-corrected chi connectivity index (χ3v) is 2.72. The van der Waals surface area contributed by atoms with Crippen LogP contribution in [0.25, 0.3) is 0 Å². The van der Waals surface area contributed by atoms with Crippen LogP contribution in [-0.4, -0.2) is 15.8 Å². The van der Waals surface area contributed by atoms with Crippen LogP contribution in [0.1, 0.15) is 16.1 Å². The number of benzene rings is 1. The van der Waals surface area contributed by atoms with Gasteiger partial charge in [0.25, 0.3) is 11.6 Å². The molecule has 0 bridgehead atoms. The molecule has 0 saturated heterocycles. The molecule has 2 aromatic rings. The highest BCUT2D eigenvalue weighted by atomic mass is 35.5. The molecule has 3 N–H and O–H groups in total. The van der Waals surface area contributed by atoms with Crippen LogP contribution in [0.5, 0.6) is 0 Å². The predicted octanol–water partition coefficient (Wildman–Crippen LogP) is 2.38. The molecule has 1 aromatic carbocycles. The molecule has 104 valence electrons. The van der Waals surface area contributed by atoms with Crippen molar-refractivity contribution in [2.24, 2.45) is 0 Å². The lowest BCUT2D eigenvalue weighted by Gasteiger charge is -2.06. The zero-order valence-corrected chi connectivity index (χ0v) is 11.0. The van der Waals surface area contributed by atoms with Crippen LogP contribution in [0.2, 0.25) is 5.02 Å². The summed E-state index contributed by atoms with van der Waals surface area (Å²) in [6, 6.07) is 2.07. The van der Waals surface area contributed by atoms with Gasteiger partial charge in [-0.25, -0.2) is 0 Å². The standard InChI is InChI=1S/C11H9ClN4O4/c1-5-4-20-11(14-5)15-10(17)7-2-6(16(18)19)3-8(12)9(7)13/h2-4H,13H2,1H3,(H,14,15,17). The molecule has 1 amide bonds. The number of nitrogens with one attached hydrogen (secondary N) is 1. The van der Waals surface area contributed by atoms with E-state index in [0.717, 1.165) is 12.1 Å².